The van der Waals surface area contributed by atoms with Crippen LogP contribution in [0.3, 0.4) is 0 Å². The van der Waals surface area contributed by atoms with Gasteiger partial charge in [-0.2, -0.15) is 0 Å². The molecule has 41 heavy (non-hydrogen) atoms. The Hall–Kier alpha value is -2.93. The van der Waals surface area contributed by atoms with Gasteiger partial charge >= 0.3 is 15.0 Å². The van der Waals surface area contributed by atoms with Gasteiger partial charge in [-0.05, 0) is 60.4 Å². The molecule has 212 valence electrons. The van der Waals surface area contributed by atoms with E-state index in [1.54, 1.807) is 0 Å². The zero-order valence-electron chi connectivity index (χ0n) is 23.6. The van der Waals surface area contributed by atoms with E-state index in [-0.39, 0.29) is 12.0 Å². The highest BCUT2D eigenvalue weighted by Crippen LogP contribution is 2.26. The van der Waals surface area contributed by atoms with Crippen LogP contribution < -0.4 is 10.6 Å². The van der Waals surface area contributed by atoms with E-state index in [4.69, 9.17) is 37.2 Å². The Bertz CT molecular complexity index is 1250. The molecule has 0 bridgehead atoms. The Balaban J connectivity index is 1.32. The maximum Gasteiger partial charge on any atom is 0.309 e. The minimum absolute atomic E-state index is 0.258. The van der Waals surface area contributed by atoms with Gasteiger partial charge in [0.15, 0.2) is 0 Å². The molecule has 4 aromatic rings. The summed E-state index contributed by atoms with van der Waals surface area (Å²) in [6, 6.07) is 31.8. The van der Waals surface area contributed by atoms with Crippen molar-refractivity contribution in [2.45, 2.75) is 25.9 Å². The highest BCUT2D eigenvalue weighted by atomic mass is 35.5. The minimum Gasteiger partial charge on any atom is -0.434 e. The molecule has 2 unspecified atom stereocenters. The zero-order chi connectivity index (χ0) is 28.9. The van der Waals surface area contributed by atoms with Crippen LogP contribution >= 0.6 is 23.2 Å². The van der Waals surface area contributed by atoms with Crippen molar-refractivity contribution in [3.63, 3.8) is 0 Å². The molecule has 0 saturated carbocycles. The lowest BCUT2D eigenvalue weighted by molar-refractivity contribution is 0.0569. The minimum atomic E-state index is -0.258. The quantitative estimate of drug-likeness (QED) is 0.106. The normalized spacial score (nSPS) is 12.4. The Labute approximate surface area is 255 Å². The molecule has 4 aromatic carbocycles. The summed E-state index contributed by atoms with van der Waals surface area (Å²) in [5.41, 5.74) is 6.18. The topological polar surface area (TPSA) is 51.8 Å². The van der Waals surface area contributed by atoms with Crippen LogP contribution in [0.4, 0.5) is 11.4 Å². The first-order valence-corrected chi connectivity index (χ1v) is 14.7. The zero-order valence-corrected chi connectivity index (χ0v) is 25.1. The molecule has 0 fully saturated rings. The first kappa shape index (κ1) is 31.0. The smallest absolute Gasteiger partial charge is 0.309 e. The molecule has 0 aromatic heterocycles. The molecule has 0 heterocycles. The van der Waals surface area contributed by atoms with Gasteiger partial charge in [0.05, 0.1) is 12.0 Å². The molecule has 2 N–H and O–H groups in total. The molecule has 4 rings (SSSR count). The van der Waals surface area contributed by atoms with Crippen molar-refractivity contribution in [1.82, 2.24) is 0 Å². The third-order valence-electron chi connectivity index (χ3n) is 6.70. The number of hydrogen-bond donors (Lipinski definition) is 2. The molecule has 0 radical (unpaired) electrons. The summed E-state index contributed by atoms with van der Waals surface area (Å²) >= 11 is 12.5. The van der Waals surface area contributed by atoms with Crippen LogP contribution in [-0.2, 0) is 14.0 Å². The highest BCUT2D eigenvalue weighted by molar-refractivity contribution is 6.32. The summed E-state index contributed by atoms with van der Waals surface area (Å²) in [6.45, 7) is 6.35. The second-order valence-electron chi connectivity index (χ2n) is 9.87. The fraction of sp³-hybridized carbons (Fsp3) is 0.250. The van der Waals surface area contributed by atoms with E-state index in [1.807, 2.05) is 86.6 Å². The molecule has 9 heteroatoms. The second kappa shape index (κ2) is 16.5. The number of anilines is 2. The molecule has 0 spiro atoms. The number of nitrogens with one attached hydrogen (secondary N) is 2. The van der Waals surface area contributed by atoms with Crippen LogP contribution in [0, 0.1) is 13.8 Å². The van der Waals surface area contributed by atoms with Gasteiger partial charge in [-0.1, -0.05) is 96.0 Å². The number of halogens is 2. The van der Waals surface area contributed by atoms with Gasteiger partial charge in [0.25, 0.3) is 0 Å². The SMILES string of the molecule is Cc1ccc(NCCOBC(OC(BOCCNc2ccc(C)c(Cl)c2)c2ccccc2)c2ccccc2)cc1Cl. The number of hydrogen-bond acceptors (Lipinski definition) is 5. The van der Waals surface area contributed by atoms with Crippen molar-refractivity contribution in [2.24, 2.45) is 0 Å². The van der Waals surface area contributed by atoms with E-state index in [1.165, 1.54) is 0 Å². The predicted octanol–water partition coefficient (Wildman–Crippen LogP) is 7.28. The van der Waals surface area contributed by atoms with Crippen molar-refractivity contribution in [2.75, 3.05) is 36.9 Å². The van der Waals surface area contributed by atoms with Gasteiger partial charge < -0.3 is 24.7 Å². The van der Waals surface area contributed by atoms with Gasteiger partial charge in [0.2, 0.25) is 0 Å². The van der Waals surface area contributed by atoms with Gasteiger partial charge in [-0.15, -0.1) is 0 Å². The average Bonchev–Trinajstić information content (AvgIpc) is 2.99. The monoisotopic (exact) mass is 588 g/mol. The van der Waals surface area contributed by atoms with E-state index in [2.05, 4.69) is 34.9 Å². The lowest BCUT2D eigenvalue weighted by atomic mass is 9.80. The highest BCUT2D eigenvalue weighted by Gasteiger charge is 2.23. The number of ether oxygens (including phenoxy) is 1. The molecule has 0 aliphatic heterocycles. The Morgan fingerprint density at radius 3 is 1.41 bits per heavy atom. The summed E-state index contributed by atoms with van der Waals surface area (Å²) in [5.74, 6) is 0. The van der Waals surface area contributed by atoms with Gasteiger partial charge in [-0.25, -0.2) is 0 Å². The van der Waals surface area contributed by atoms with Gasteiger partial charge in [0.1, 0.15) is 0 Å². The van der Waals surface area contributed by atoms with Crippen LogP contribution in [0.2, 0.25) is 10.0 Å². The first-order valence-electron chi connectivity index (χ1n) is 13.9. The van der Waals surface area contributed by atoms with Crippen LogP contribution in [0.5, 0.6) is 0 Å². The maximum atomic E-state index is 6.68. The molecular weight excluding hydrogens is 553 g/mol. The third-order valence-corrected chi connectivity index (χ3v) is 7.52. The van der Waals surface area contributed by atoms with Gasteiger partial charge in [0, 0.05) is 47.7 Å². The molecule has 0 aliphatic carbocycles. The number of benzene rings is 4. The largest absolute Gasteiger partial charge is 0.434 e. The van der Waals surface area contributed by atoms with Crippen LogP contribution in [-0.4, -0.2) is 41.3 Å². The number of rotatable bonds is 16. The summed E-state index contributed by atoms with van der Waals surface area (Å²) < 4.78 is 18.9. The summed E-state index contributed by atoms with van der Waals surface area (Å²) in [4.78, 5) is 0. The Kier molecular flexibility index (Phi) is 12.5. The summed E-state index contributed by atoms with van der Waals surface area (Å²) in [6.07, 6.45) is 0. The average molecular weight is 589 g/mol. The standard InChI is InChI=1S/C32H36B2Cl2N2O3/c1-23-13-15-27(21-29(23)35)37-17-19-39-33-31(25-9-5-3-6-10-25)41-32(26-11-7-4-8-12-26)34-40-20-18-38-28-16-14-24(2)30(36)22-28/h3-16,21-22,31-34,37-38H,17-20H2,1-2H3. The second-order valence-corrected chi connectivity index (χ2v) is 10.7. The first-order chi connectivity index (χ1) is 20.0. The van der Waals surface area contributed by atoms with E-state index in [0.717, 1.165) is 43.7 Å². The lowest BCUT2D eigenvalue weighted by Gasteiger charge is -2.25. The van der Waals surface area contributed by atoms with E-state index < -0.39 is 0 Å². The third kappa shape index (κ3) is 10.1. The molecule has 5 nitrogen and oxygen atoms in total. The molecule has 0 aliphatic rings. The number of aryl methyl sites for hydroxylation is 2. The van der Waals surface area contributed by atoms with Crippen LogP contribution in [0.15, 0.2) is 97.1 Å². The van der Waals surface area contributed by atoms with Crippen molar-refractivity contribution in [3.05, 3.63) is 129 Å². The van der Waals surface area contributed by atoms with Crippen LogP contribution in [0.1, 0.15) is 34.3 Å². The van der Waals surface area contributed by atoms with Crippen molar-refractivity contribution < 1.29 is 14.0 Å². The Morgan fingerprint density at radius 2 is 1.02 bits per heavy atom. The van der Waals surface area contributed by atoms with E-state index in [9.17, 15) is 0 Å². The molecule has 0 amide bonds. The van der Waals surface area contributed by atoms with E-state index in [0.29, 0.717) is 41.3 Å². The maximum absolute atomic E-state index is 6.68. The van der Waals surface area contributed by atoms with E-state index >= 15 is 0 Å². The Morgan fingerprint density at radius 1 is 0.610 bits per heavy atom. The van der Waals surface area contributed by atoms with Crippen molar-refractivity contribution >= 4 is 49.5 Å². The fourth-order valence-electron chi connectivity index (χ4n) is 4.28. The lowest BCUT2D eigenvalue weighted by Crippen LogP contribution is -2.25. The summed E-state index contributed by atoms with van der Waals surface area (Å²) in [7, 11) is 0.832. The molecule has 0 saturated heterocycles. The van der Waals surface area contributed by atoms with Crippen molar-refractivity contribution in [1.29, 1.82) is 0 Å². The van der Waals surface area contributed by atoms with Crippen molar-refractivity contribution in [3.8, 4) is 0 Å². The fourth-order valence-corrected chi connectivity index (χ4v) is 4.64. The van der Waals surface area contributed by atoms with Crippen LogP contribution in [0.25, 0.3) is 0 Å². The van der Waals surface area contributed by atoms with Gasteiger partial charge in [-0.3, -0.25) is 0 Å². The molecule has 2 atom stereocenters. The summed E-state index contributed by atoms with van der Waals surface area (Å²) in [5, 5.41) is 8.23. The molecular formula is C32H36B2Cl2N2O3. The predicted molar refractivity (Wildman–Crippen MR) is 175 cm³/mol.